The van der Waals surface area contributed by atoms with E-state index in [2.05, 4.69) is 22.4 Å². The third kappa shape index (κ3) is 4.05. The van der Waals surface area contributed by atoms with Crippen molar-refractivity contribution in [2.75, 3.05) is 7.11 Å². The lowest BCUT2D eigenvalue weighted by Crippen LogP contribution is -2.15. The summed E-state index contributed by atoms with van der Waals surface area (Å²) in [6.45, 7) is 2.05. The number of nitrogens with zero attached hydrogens (tertiary/aromatic N) is 1. The first-order valence-electron chi connectivity index (χ1n) is 6.20. The summed E-state index contributed by atoms with van der Waals surface area (Å²) < 4.78 is 5.18. The Kier molecular flexibility index (Phi) is 4.89. The van der Waals surface area contributed by atoms with Crippen LogP contribution in [-0.2, 0) is 24.4 Å². The fourth-order valence-electron chi connectivity index (χ4n) is 1.87. The zero-order valence-electron chi connectivity index (χ0n) is 11.0. The lowest BCUT2D eigenvalue weighted by molar-refractivity contribution is 0.184. The SMILES string of the molecule is COCc1ccccc1CNCc1ccc(O)cn1. The molecule has 0 spiro atoms. The molecule has 100 valence electrons. The number of hydrogen-bond donors (Lipinski definition) is 2. The van der Waals surface area contributed by atoms with Gasteiger partial charge in [-0.3, -0.25) is 4.98 Å². The van der Waals surface area contributed by atoms with E-state index >= 15 is 0 Å². The van der Waals surface area contributed by atoms with E-state index < -0.39 is 0 Å². The maximum atomic E-state index is 9.16. The Balaban J connectivity index is 1.90. The fourth-order valence-corrected chi connectivity index (χ4v) is 1.87. The maximum absolute atomic E-state index is 9.16. The Bertz CT molecular complexity index is 512. The van der Waals surface area contributed by atoms with Crippen LogP contribution in [0.5, 0.6) is 5.75 Å². The Morgan fingerprint density at radius 3 is 2.58 bits per heavy atom. The van der Waals surface area contributed by atoms with Gasteiger partial charge in [0.25, 0.3) is 0 Å². The number of hydrogen-bond acceptors (Lipinski definition) is 4. The highest BCUT2D eigenvalue weighted by Crippen LogP contribution is 2.10. The average Bonchev–Trinajstić information content (AvgIpc) is 2.43. The topological polar surface area (TPSA) is 54.4 Å². The highest BCUT2D eigenvalue weighted by molar-refractivity contribution is 5.26. The summed E-state index contributed by atoms with van der Waals surface area (Å²) >= 11 is 0. The third-order valence-electron chi connectivity index (χ3n) is 2.85. The number of ether oxygens (including phenoxy) is 1. The van der Waals surface area contributed by atoms with Gasteiger partial charge in [0.1, 0.15) is 5.75 Å². The molecule has 2 aromatic rings. The van der Waals surface area contributed by atoms with Crippen molar-refractivity contribution in [3.63, 3.8) is 0 Å². The monoisotopic (exact) mass is 258 g/mol. The summed E-state index contributed by atoms with van der Waals surface area (Å²) in [5, 5.41) is 12.5. The van der Waals surface area contributed by atoms with E-state index in [1.807, 2.05) is 18.2 Å². The zero-order chi connectivity index (χ0) is 13.5. The van der Waals surface area contributed by atoms with E-state index in [9.17, 15) is 0 Å². The van der Waals surface area contributed by atoms with Crippen LogP contribution in [0.2, 0.25) is 0 Å². The van der Waals surface area contributed by atoms with Crippen LogP contribution in [-0.4, -0.2) is 17.2 Å². The van der Waals surface area contributed by atoms with E-state index in [-0.39, 0.29) is 5.75 Å². The molecule has 4 nitrogen and oxygen atoms in total. The van der Waals surface area contributed by atoms with Gasteiger partial charge in [-0.1, -0.05) is 24.3 Å². The van der Waals surface area contributed by atoms with Crippen LogP contribution in [0.4, 0.5) is 0 Å². The van der Waals surface area contributed by atoms with Crippen molar-refractivity contribution in [1.82, 2.24) is 10.3 Å². The second kappa shape index (κ2) is 6.87. The molecular weight excluding hydrogens is 240 g/mol. The van der Waals surface area contributed by atoms with Crippen LogP contribution >= 0.6 is 0 Å². The molecular formula is C15H18N2O2. The highest BCUT2D eigenvalue weighted by Gasteiger charge is 2.01. The lowest BCUT2D eigenvalue weighted by Gasteiger charge is -2.09. The van der Waals surface area contributed by atoms with Crippen LogP contribution in [0.15, 0.2) is 42.6 Å². The fraction of sp³-hybridized carbons (Fsp3) is 0.267. The molecule has 1 heterocycles. The summed E-state index contributed by atoms with van der Waals surface area (Å²) in [5.41, 5.74) is 3.32. The van der Waals surface area contributed by atoms with E-state index in [4.69, 9.17) is 9.84 Å². The average molecular weight is 258 g/mol. The number of methoxy groups -OCH3 is 1. The molecule has 2 rings (SSSR count). The largest absolute Gasteiger partial charge is 0.506 e. The third-order valence-corrected chi connectivity index (χ3v) is 2.85. The van der Waals surface area contributed by atoms with Gasteiger partial charge in [0, 0.05) is 20.2 Å². The van der Waals surface area contributed by atoms with E-state index in [1.165, 1.54) is 17.3 Å². The van der Waals surface area contributed by atoms with Gasteiger partial charge >= 0.3 is 0 Å². The Labute approximate surface area is 113 Å². The first kappa shape index (κ1) is 13.5. The molecule has 0 aliphatic carbocycles. The van der Waals surface area contributed by atoms with Crippen molar-refractivity contribution in [1.29, 1.82) is 0 Å². The molecule has 1 aromatic carbocycles. The minimum absolute atomic E-state index is 0.189. The minimum atomic E-state index is 0.189. The molecule has 0 bridgehead atoms. The Morgan fingerprint density at radius 1 is 1.11 bits per heavy atom. The Morgan fingerprint density at radius 2 is 1.89 bits per heavy atom. The lowest BCUT2D eigenvalue weighted by atomic mass is 10.1. The number of benzene rings is 1. The molecule has 1 aromatic heterocycles. The molecule has 19 heavy (non-hydrogen) atoms. The summed E-state index contributed by atoms with van der Waals surface area (Å²) in [6.07, 6.45) is 1.45. The zero-order valence-corrected chi connectivity index (χ0v) is 11.0. The molecule has 0 aliphatic heterocycles. The van der Waals surface area contributed by atoms with Crippen LogP contribution < -0.4 is 5.32 Å². The first-order chi connectivity index (χ1) is 9.29. The minimum Gasteiger partial charge on any atom is -0.506 e. The van der Waals surface area contributed by atoms with Crippen LogP contribution in [0.1, 0.15) is 16.8 Å². The van der Waals surface area contributed by atoms with E-state index in [1.54, 1.807) is 13.2 Å². The number of aromatic hydroxyl groups is 1. The van der Waals surface area contributed by atoms with Crippen molar-refractivity contribution in [2.45, 2.75) is 19.7 Å². The van der Waals surface area contributed by atoms with E-state index in [0.29, 0.717) is 13.2 Å². The molecule has 4 heteroatoms. The summed E-state index contributed by atoms with van der Waals surface area (Å²) in [6, 6.07) is 11.6. The summed E-state index contributed by atoms with van der Waals surface area (Å²) in [4.78, 5) is 4.13. The van der Waals surface area contributed by atoms with Crippen LogP contribution in [0.3, 0.4) is 0 Å². The standard InChI is InChI=1S/C15H18N2O2/c1-19-11-13-5-3-2-4-12(13)8-16-9-14-6-7-15(18)10-17-14/h2-7,10,16,18H,8-9,11H2,1H3. The van der Waals surface area contributed by atoms with E-state index in [0.717, 1.165) is 12.2 Å². The molecule has 0 saturated carbocycles. The quantitative estimate of drug-likeness (QED) is 0.834. The van der Waals surface area contributed by atoms with Gasteiger partial charge < -0.3 is 15.2 Å². The number of nitrogens with one attached hydrogen (secondary N) is 1. The number of rotatable bonds is 6. The molecule has 0 radical (unpaired) electrons. The maximum Gasteiger partial charge on any atom is 0.133 e. The van der Waals surface area contributed by atoms with Gasteiger partial charge in [0.15, 0.2) is 0 Å². The number of pyridine rings is 1. The first-order valence-corrected chi connectivity index (χ1v) is 6.20. The van der Waals surface area contributed by atoms with Crippen molar-refractivity contribution in [2.24, 2.45) is 0 Å². The predicted octanol–water partition coefficient (Wildman–Crippen LogP) is 2.22. The van der Waals surface area contributed by atoms with Crippen LogP contribution in [0, 0.1) is 0 Å². The molecule has 0 amide bonds. The predicted molar refractivity (Wildman–Crippen MR) is 73.6 cm³/mol. The molecule has 0 fully saturated rings. The summed E-state index contributed by atoms with van der Waals surface area (Å²) in [5.74, 6) is 0.189. The second-order valence-electron chi connectivity index (χ2n) is 4.31. The number of aromatic nitrogens is 1. The molecule has 0 atom stereocenters. The van der Waals surface area contributed by atoms with Crippen molar-refractivity contribution >= 4 is 0 Å². The second-order valence-corrected chi connectivity index (χ2v) is 4.31. The van der Waals surface area contributed by atoms with Crippen molar-refractivity contribution < 1.29 is 9.84 Å². The van der Waals surface area contributed by atoms with Gasteiger partial charge in [-0.15, -0.1) is 0 Å². The van der Waals surface area contributed by atoms with Crippen LogP contribution in [0.25, 0.3) is 0 Å². The van der Waals surface area contributed by atoms with Gasteiger partial charge in [0.2, 0.25) is 0 Å². The van der Waals surface area contributed by atoms with Gasteiger partial charge in [-0.05, 0) is 23.3 Å². The van der Waals surface area contributed by atoms with Gasteiger partial charge in [0.05, 0.1) is 18.5 Å². The molecule has 0 saturated heterocycles. The summed E-state index contributed by atoms with van der Waals surface area (Å²) in [7, 11) is 1.70. The highest BCUT2D eigenvalue weighted by atomic mass is 16.5. The van der Waals surface area contributed by atoms with Crippen molar-refractivity contribution in [3.05, 3.63) is 59.4 Å². The van der Waals surface area contributed by atoms with Gasteiger partial charge in [-0.25, -0.2) is 0 Å². The molecule has 0 aliphatic rings. The smallest absolute Gasteiger partial charge is 0.133 e. The normalized spacial score (nSPS) is 10.6. The van der Waals surface area contributed by atoms with Gasteiger partial charge in [-0.2, -0.15) is 0 Å². The molecule has 2 N–H and O–H groups in total. The van der Waals surface area contributed by atoms with Crippen molar-refractivity contribution in [3.8, 4) is 5.75 Å². The molecule has 0 unspecified atom stereocenters. The Hall–Kier alpha value is -1.91.